The van der Waals surface area contributed by atoms with E-state index in [2.05, 4.69) is 0 Å². The molecule has 1 rings (SSSR count). The van der Waals surface area contributed by atoms with Crippen LogP contribution in [0, 0.1) is 0 Å². The van der Waals surface area contributed by atoms with Gasteiger partial charge in [-0.25, -0.2) is 4.79 Å². The van der Waals surface area contributed by atoms with E-state index in [1.807, 2.05) is 0 Å². The fourth-order valence-corrected chi connectivity index (χ4v) is 1.24. The molecule has 0 aromatic heterocycles. The van der Waals surface area contributed by atoms with Crippen molar-refractivity contribution in [3.63, 3.8) is 0 Å². The van der Waals surface area contributed by atoms with Gasteiger partial charge in [-0.2, -0.15) is 0 Å². The number of hydrogen-bond donors (Lipinski definition) is 1. The van der Waals surface area contributed by atoms with Crippen molar-refractivity contribution in [1.82, 2.24) is 0 Å². The number of carboxylic acid groups (broad SMARTS) is 1. The lowest BCUT2D eigenvalue weighted by molar-refractivity contribution is 0.0696. The van der Waals surface area contributed by atoms with Crippen LogP contribution in [0.15, 0.2) is 18.2 Å². The molecule has 0 radical (unpaired) electrons. The third kappa shape index (κ3) is 3.77. The van der Waals surface area contributed by atoms with Gasteiger partial charge in [-0.15, -0.1) is 0 Å². The standard InChI is InChI=1S/C10H11ClO4/c1-14-2-3-15-9-5-7(10(12)13)4-8(11)6-9/h4-6H,2-3H2,1H3,(H,12,13). The lowest BCUT2D eigenvalue weighted by atomic mass is 10.2. The number of benzene rings is 1. The molecule has 0 fully saturated rings. The summed E-state index contributed by atoms with van der Waals surface area (Å²) >= 11 is 5.73. The Kier molecular flexibility index (Phi) is 4.39. The number of rotatable bonds is 5. The van der Waals surface area contributed by atoms with E-state index in [4.69, 9.17) is 26.2 Å². The number of methoxy groups -OCH3 is 1. The maximum Gasteiger partial charge on any atom is 0.335 e. The van der Waals surface area contributed by atoms with Gasteiger partial charge in [0, 0.05) is 12.1 Å². The Morgan fingerprint density at radius 2 is 2.13 bits per heavy atom. The molecule has 5 heteroatoms. The fourth-order valence-electron chi connectivity index (χ4n) is 1.01. The first-order valence-electron chi connectivity index (χ1n) is 4.29. The largest absolute Gasteiger partial charge is 0.491 e. The summed E-state index contributed by atoms with van der Waals surface area (Å²) in [6.07, 6.45) is 0. The Balaban J connectivity index is 2.75. The molecule has 15 heavy (non-hydrogen) atoms. The SMILES string of the molecule is COCCOc1cc(Cl)cc(C(=O)O)c1. The molecule has 4 nitrogen and oxygen atoms in total. The van der Waals surface area contributed by atoms with Gasteiger partial charge in [0.15, 0.2) is 0 Å². The van der Waals surface area contributed by atoms with E-state index in [1.54, 1.807) is 13.2 Å². The molecule has 0 saturated carbocycles. The molecule has 0 bridgehead atoms. The van der Waals surface area contributed by atoms with Gasteiger partial charge in [0.1, 0.15) is 12.4 Å². The average molecular weight is 231 g/mol. The summed E-state index contributed by atoms with van der Waals surface area (Å²) in [5.41, 5.74) is 0.106. The highest BCUT2D eigenvalue weighted by Gasteiger charge is 2.06. The Morgan fingerprint density at radius 1 is 1.40 bits per heavy atom. The zero-order valence-corrected chi connectivity index (χ0v) is 8.95. The number of carbonyl (C=O) groups is 1. The fraction of sp³-hybridized carbons (Fsp3) is 0.300. The Hall–Kier alpha value is -1.26. The van der Waals surface area contributed by atoms with Crippen LogP contribution in [0.2, 0.25) is 5.02 Å². The van der Waals surface area contributed by atoms with E-state index in [1.165, 1.54) is 12.1 Å². The molecular formula is C10H11ClO4. The van der Waals surface area contributed by atoms with Gasteiger partial charge in [-0.3, -0.25) is 0 Å². The third-order valence-electron chi connectivity index (χ3n) is 1.67. The second-order valence-corrected chi connectivity index (χ2v) is 3.26. The smallest absolute Gasteiger partial charge is 0.335 e. The van der Waals surface area contributed by atoms with Crippen LogP contribution < -0.4 is 4.74 Å². The van der Waals surface area contributed by atoms with Crippen LogP contribution in [0.25, 0.3) is 0 Å². The second-order valence-electron chi connectivity index (χ2n) is 2.82. The summed E-state index contributed by atoms with van der Waals surface area (Å²) in [5, 5.41) is 9.10. The zero-order chi connectivity index (χ0) is 11.3. The molecule has 1 aromatic carbocycles. The predicted octanol–water partition coefficient (Wildman–Crippen LogP) is 2.06. The molecule has 0 unspecified atom stereocenters. The molecule has 0 amide bonds. The van der Waals surface area contributed by atoms with Crippen molar-refractivity contribution in [2.45, 2.75) is 0 Å². The highest BCUT2D eigenvalue weighted by Crippen LogP contribution is 2.21. The van der Waals surface area contributed by atoms with Gasteiger partial charge >= 0.3 is 5.97 Å². The van der Waals surface area contributed by atoms with Crippen molar-refractivity contribution in [2.24, 2.45) is 0 Å². The maximum absolute atomic E-state index is 10.7. The molecule has 1 N–H and O–H groups in total. The highest BCUT2D eigenvalue weighted by molar-refractivity contribution is 6.31. The lowest BCUT2D eigenvalue weighted by Crippen LogP contribution is -2.05. The quantitative estimate of drug-likeness (QED) is 0.787. The summed E-state index contributed by atoms with van der Waals surface area (Å²) in [4.78, 5) is 10.7. The molecule has 0 atom stereocenters. The van der Waals surface area contributed by atoms with Crippen molar-refractivity contribution in [1.29, 1.82) is 0 Å². The van der Waals surface area contributed by atoms with Crippen LogP contribution in [0.1, 0.15) is 10.4 Å². The topological polar surface area (TPSA) is 55.8 Å². The van der Waals surface area contributed by atoms with Crippen LogP contribution in [-0.4, -0.2) is 31.4 Å². The normalized spacial score (nSPS) is 10.0. The van der Waals surface area contributed by atoms with Gasteiger partial charge in [-0.1, -0.05) is 11.6 Å². The van der Waals surface area contributed by atoms with Gasteiger partial charge in [0.05, 0.1) is 12.2 Å². The van der Waals surface area contributed by atoms with E-state index in [0.29, 0.717) is 24.0 Å². The minimum absolute atomic E-state index is 0.106. The molecule has 0 aliphatic carbocycles. The molecule has 0 aliphatic heterocycles. The van der Waals surface area contributed by atoms with Crippen molar-refractivity contribution in [2.75, 3.05) is 20.3 Å². The summed E-state index contributed by atoms with van der Waals surface area (Å²) in [5.74, 6) is -0.606. The van der Waals surface area contributed by atoms with Crippen molar-refractivity contribution >= 4 is 17.6 Å². The lowest BCUT2D eigenvalue weighted by Gasteiger charge is -2.06. The van der Waals surface area contributed by atoms with Crippen molar-refractivity contribution in [3.05, 3.63) is 28.8 Å². The van der Waals surface area contributed by atoms with Crippen LogP contribution >= 0.6 is 11.6 Å². The Morgan fingerprint density at radius 3 is 2.73 bits per heavy atom. The first-order chi connectivity index (χ1) is 7.13. The minimum atomic E-state index is -1.03. The van der Waals surface area contributed by atoms with E-state index >= 15 is 0 Å². The van der Waals surface area contributed by atoms with Crippen molar-refractivity contribution < 1.29 is 19.4 Å². The monoisotopic (exact) mass is 230 g/mol. The molecule has 82 valence electrons. The summed E-state index contributed by atoms with van der Waals surface area (Å²) in [6.45, 7) is 0.796. The zero-order valence-electron chi connectivity index (χ0n) is 8.20. The third-order valence-corrected chi connectivity index (χ3v) is 1.89. The second kappa shape index (κ2) is 5.58. The Bertz CT molecular complexity index is 351. The Labute approximate surface area is 92.4 Å². The molecule has 0 aliphatic rings. The highest BCUT2D eigenvalue weighted by atomic mass is 35.5. The molecule has 0 spiro atoms. The number of carboxylic acids is 1. The van der Waals surface area contributed by atoms with E-state index in [9.17, 15) is 4.79 Å². The first-order valence-corrected chi connectivity index (χ1v) is 4.67. The van der Waals surface area contributed by atoms with E-state index < -0.39 is 5.97 Å². The molecule has 1 aromatic rings. The number of halogens is 1. The van der Waals surface area contributed by atoms with Gasteiger partial charge in [0.2, 0.25) is 0 Å². The average Bonchev–Trinajstić information content (AvgIpc) is 2.17. The maximum atomic E-state index is 10.7. The summed E-state index contributed by atoms with van der Waals surface area (Å²) in [6, 6.07) is 4.35. The van der Waals surface area contributed by atoms with E-state index in [0.717, 1.165) is 0 Å². The van der Waals surface area contributed by atoms with Crippen LogP contribution in [0.3, 0.4) is 0 Å². The van der Waals surface area contributed by atoms with Crippen LogP contribution in [-0.2, 0) is 4.74 Å². The number of hydrogen-bond acceptors (Lipinski definition) is 3. The summed E-state index contributed by atoms with van der Waals surface area (Å²) < 4.78 is 10.0. The van der Waals surface area contributed by atoms with Crippen LogP contribution in [0.5, 0.6) is 5.75 Å². The number of ether oxygens (including phenoxy) is 2. The molecule has 0 heterocycles. The predicted molar refractivity (Wildman–Crippen MR) is 55.8 cm³/mol. The van der Waals surface area contributed by atoms with Crippen molar-refractivity contribution in [3.8, 4) is 5.75 Å². The van der Waals surface area contributed by atoms with Crippen LogP contribution in [0.4, 0.5) is 0 Å². The first kappa shape index (κ1) is 11.8. The van der Waals surface area contributed by atoms with Gasteiger partial charge < -0.3 is 14.6 Å². The number of aromatic carboxylic acids is 1. The van der Waals surface area contributed by atoms with Gasteiger partial charge in [-0.05, 0) is 18.2 Å². The molecule has 0 saturated heterocycles. The minimum Gasteiger partial charge on any atom is -0.491 e. The van der Waals surface area contributed by atoms with E-state index in [-0.39, 0.29) is 5.56 Å². The van der Waals surface area contributed by atoms with Gasteiger partial charge in [0.25, 0.3) is 0 Å². The molecular weight excluding hydrogens is 220 g/mol. The summed E-state index contributed by atoms with van der Waals surface area (Å²) in [7, 11) is 1.56.